The molecule has 1 aromatic heterocycles. The Bertz CT molecular complexity index is 269. The summed E-state index contributed by atoms with van der Waals surface area (Å²) in [4.78, 5) is 6.75. The molecule has 0 aromatic carbocycles. The number of aromatic nitrogens is 2. The lowest BCUT2D eigenvalue weighted by atomic mass is 10.4. The van der Waals surface area contributed by atoms with Gasteiger partial charge in [0.15, 0.2) is 0 Å². The highest BCUT2D eigenvalue weighted by Gasteiger charge is 2.09. The quantitative estimate of drug-likeness (QED) is 0.737. The molecule has 0 aliphatic carbocycles. The first-order chi connectivity index (χ1) is 7.33. The van der Waals surface area contributed by atoms with Gasteiger partial charge in [0.05, 0.1) is 0 Å². The maximum atomic E-state index is 4.42. The number of nitrogens with one attached hydrogen (secondary N) is 1. The van der Waals surface area contributed by atoms with E-state index in [9.17, 15) is 0 Å². The molecule has 15 heavy (non-hydrogen) atoms. The summed E-state index contributed by atoms with van der Waals surface area (Å²) in [7, 11) is 1.98. The van der Waals surface area contributed by atoms with Crippen LogP contribution in [0.15, 0.2) is 12.4 Å². The molecule has 0 saturated carbocycles. The molecule has 0 fully saturated rings. The number of rotatable bonds is 7. The predicted octanol–water partition coefficient (Wildman–Crippen LogP) is 1.34. The van der Waals surface area contributed by atoms with E-state index in [-0.39, 0.29) is 0 Å². The Morgan fingerprint density at radius 3 is 2.80 bits per heavy atom. The number of anilines is 1. The van der Waals surface area contributed by atoms with Crippen LogP contribution >= 0.6 is 0 Å². The summed E-state index contributed by atoms with van der Waals surface area (Å²) in [6.07, 6.45) is 5.07. The first-order valence-electron chi connectivity index (χ1n) is 5.74. The Kier molecular flexibility index (Phi) is 5.18. The molecule has 0 spiro atoms. The lowest BCUT2D eigenvalue weighted by Gasteiger charge is -2.23. The standard InChI is InChI=1S/C11H22N4/c1-4-8-15(9-6-12-3)11-13-7-10-14(11)5-2/h7,10,12H,4-6,8-9H2,1-3H3. The third kappa shape index (κ3) is 3.23. The number of aryl methyl sites for hydroxylation is 1. The van der Waals surface area contributed by atoms with Crippen molar-refractivity contribution in [2.75, 3.05) is 31.6 Å². The molecule has 1 heterocycles. The first-order valence-corrected chi connectivity index (χ1v) is 5.74. The van der Waals surface area contributed by atoms with Crippen LogP contribution in [0.2, 0.25) is 0 Å². The van der Waals surface area contributed by atoms with Crippen molar-refractivity contribution in [2.24, 2.45) is 0 Å². The zero-order valence-electron chi connectivity index (χ0n) is 10.0. The van der Waals surface area contributed by atoms with E-state index in [2.05, 4.69) is 33.6 Å². The lowest BCUT2D eigenvalue weighted by molar-refractivity contribution is 0.658. The number of nitrogens with zero attached hydrogens (tertiary/aromatic N) is 3. The van der Waals surface area contributed by atoms with Crippen molar-refractivity contribution in [3.05, 3.63) is 12.4 Å². The van der Waals surface area contributed by atoms with Crippen molar-refractivity contribution >= 4 is 5.95 Å². The molecule has 4 heteroatoms. The molecule has 0 unspecified atom stereocenters. The SMILES string of the molecule is CCCN(CCNC)c1nccn1CC. The molecule has 1 rings (SSSR count). The van der Waals surface area contributed by atoms with E-state index in [0.29, 0.717) is 0 Å². The average molecular weight is 210 g/mol. The summed E-state index contributed by atoms with van der Waals surface area (Å²) < 4.78 is 2.19. The maximum absolute atomic E-state index is 4.42. The molecule has 0 bridgehead atoms. The Balaban J connectivity index is 2.69. The van der Waals surface area contributed by atoms with Crippen molar-refractivity contribution in [1.82, 2.24) is 14.9 Å². The maximum Gasteiger partial charge on any atom is 0.205 e. The van der Waals surface area contributed by atoms with Crippen LogP contribution in [0.3, 0.4) is 0 Å². The Morgan fingerprint density at radius 1 is 1.40 bits per heavy atom. The molecule has 4 nitrogen and oxygen atoms in total. The summed E-state index contributed by atoms with van der Waals surface area (Å²) in [5, 5.41) is 3.18. The van der Waals surface area contributed by atoms with Crippen molar-refractivity contribution in [1.29, 1.82) is 0 Å². The molecule has 1 aromatic rings. The van der Waals surface area contributed by atoms with Gasteiger partial charge in [0.1, 0.15) is 0 Å². The van der Waals surface area contributed by atoms with E-state index in [1.165, 1.54) is 0 Å². The molecular formula is C11H22N4. The van der Waals surface area contributed by atoms with Gasteiger partial charge >= 0.3 is 0 Å². The summed E-state index contributed by atoms with van der Waals surface area (Å²) in [6.45, 7) is 8.41. The second-order valence-electron chi connectivity index (χ2n) is 3.60. The number of likely N-dealkylation sites (N-methyl/N-ethyl adjacent to an activating group) is 1. The van der Waals surface area contributed by atoms with Crippen LogP contribution < -0.4 is 10.2 Å². The van der Waals surface area contributed by atoms with Crippen molar-refractivity contribution in [3.63, 3.8) is 0 Å². The molecule has 0 saturated heterocycles. The third-order valence-corrected chi connectivity index (χ3v) is 2.44. The molecular weight excluding hydrogens is 188 g/mol. The number of hydrogen-bond donors (Lipinski definition) is 1. The van der Waals surface area contributed by atoms with Crippen molar-refractivity contribution in [3.8, 4) is 0 Å². The van der Waals surface area contributed by atoms with Crippen molar-refractivity contribution < 1.29 is 0 Å². The summed E-state index contributed by atoms with van der Waals surface area (Å²) in [5.74, 6) is 1.09. The second-order valence-corrected chi connectivity index (χ2v) is 3.60. The van der Waals surface area contributed by atoms with E-state index in [4.69, 9.17) is 0 Å². The van der Waals surface area contributed by atoms with Crippen molar-refractivity contribution in [2.45, 2.75) is 26.8 Å². The average Bonchev–Trinajstić information content (AvgIpc) is 2.72. The van der Waals surface area contributed by atoms with Gasteiger partial charge in [-0.1, -0.05) is 6.92 Å². The molecule has 0 aliphatic rings. The van der Waals surface area contributed by atoms with Gasteiger partial charge in [-0.25, -0.2) is 4.98 Å². The Labute approximate surface area is 92.3 Å². The molecule has 1 N–H and O–H groups in total. The first kappa shape index (κ1) is 12.0. The predicted molar refractivity (Wildman–Crippen MR) is 64.3 cm³/mol. The van der Waals surface area contributed by atoms with Crippen LogP contribution in [0, 0.1) is 0 Å². The fourth-order valence-corrected chi connectivity index (χ4v) is 1.66. The fraction of sp³-hybridized carbons (Fsp3) is 0.727. The Hall–Kier alpha value is -1.03. The molecule has 0 amide bonds. The van der Waals surface area contributed by atoms with Crippen LogP contribution in [0.4, 0.5) is 5.95 Å². The largest absolute Gasteiger partial charge is 0.341 e. The van der Waals surface area contributed by atoms with Gasteiger partial charge in [0.25, 0.3) is 0 Å². The van der Waals surface area contributed by atoms with E-state index < -0.39 is 0 Å². The van der Waals surface area contributed by atoms with E-state index in [1.807, 2.05) is 19.4 Å². The smallest absolute Gasteiger partial charge is 0.205 e. The van der Waals surface area contributed by atoms with Gasteiger partial charge in [0.2, 0.25) is 5.95 Å². The number of imidazole rings is 1. The van der Waals surface area contributed by atoms with Gasteiger partial charge in [-0.15, -0.1) is 0 Å². The minimum absolute atomic E-state index is 0.981. The Morgan fingerprint density at radius 2 is 2.20 bits per heavy atom. The van der Waals surface area contributed by atoms with Gasteiger partial charge in [-0.3, -0.25) is 0 Å². The molecule has 0 aliphatic heterocycles. The van der Waals surface area contributed by atoms with Crippen LogP contribution in [0.25, 0.3) is 0 Å². The molecule has 86 valence electrons. The number of hydrogen-bond acceptors (Lipinski definition) is 3. The van der Waals surface area contributed by atoms with Gasteiger partial charge in [-0.2, -0.15) is 0 Å². The highest BCUT2D eigenvalue weighted by Crippen LogP contribution is 2.11. The van der Waals surface area contributed by atoms with Gasteiger partial charge in [-0.05, 0) is 20.4 Å². The minimum Gasteiger partial charge on any atom is -0.341 e. The zero-order chi connectivity index (χ0) is 11.1. The van der Waals surface area contributed by atoms with E-state index >= 15 is 0 Å². The van der Waals surface area contributed by atoms with Gasteiger partial charge in [0, 0.05) is 38.6 Å². The summed E-state index contributed by atoms with van der Waals surface area (Å²) in [6, 6.07) is 0. The summed E-state index contributed by atoms with van der Waals surface area (Å²) in [5.41, 5.74) is 0. The summed E-state index contributed by atoms with van der Waals surface area (Å²) >= 11 is 0. The van der Waals surface area contributed by atoms with Crippen LogP contribution in [-0.2, 0) is 6.54 Å². The highest BCUT2D eigenvalue weighted by atomic mass is 15.3. The highest BCUT2D eigenvalue weighted by molar-refractivity contribution is 5.31. The lowest BCUT2D eigenvalue weighted by Crippen LogP contribution is -2.33. The monoisotopic (exact) mass is 210 g/mol. The van der Waals surface area contributed by atoms with E-state index in [1.54, 1.807) is 0 Å². The topological polar surface area (TPSA) is 33.1 Å². The van der Waals surface area contributed by atoms with Crippen LogP contribution in [0.5, 0.6) is 0 Å². The van der Waals surface area contributed by atoms with Gasteiger partial charge < -0.3 is 14.8 Å². The third-order valence-electron chi connectivity index (χ3n) is 2.44. The van der Waals surface area contributed by atoms with E-state index in [0.717, 1.165) is 38.5 Å². The fourth-order valence-electron chi connectivity index (χ4n) is 1.66. The molecule has 0 radical (unpaired) electrons. The molecule has 0 atom stereocenters. The zero-order valence-corrected chi connectivity index (χ0v) is 10.0. The normalized spacial score (nSPS) is 10.6. The second kappa shape index (κ2) is 6.45. The minimum atomic E-state index is 0.981. The van der Waals surface area contributed by atoms with Crippen LogP contribution in [-0.4, -0.2) is 36.2 Å². The van der Waals surface area contributed by atoms with Crippen LogP contribution in [0.1, 0.15) is 20.3 Å².